The predicted octanol–water partition coefficient (Wildman–Crippen LogP) is 3.20. The molecule has 0 aliphatic heterocycles. The van der Waals surface area contributed by atoms with E-state index in [0.29, 0.717) is 0 Å². The fraction of sp³-hybridized carbons (Fsp3) is 0.200. The average molecular weight is 395 g/mol. The summed E-state index contributed by atoms with van der Waals surface area (Å²) in [4.78, 5) is 17.3. The minimum atomic E-state index is 0.271. The Morgan fingerprint density at radius 3 is 1.61 bits per heavy atom. The summed E-state index contributed by atoms with van der Waals surface area (Å²) in [5.74, 6) is 0.725. The molecule has 0 bridgehead atoms. The van der Waals surface area contributed by atoms with E-state index >= 15 is 0 Å². The van der Waals surface area contributed by atoms with Crippen LogP contribution in [0.1, 0.15) is 0 Å². The van der Waals surface area contributed by atoms with Gasteiger partial charge in [0.1, 0.15) is 0 Å². The molecule has 2 aromatic rings. The van der Waals surface area contributed by atoms with E-state index in [1.807, 2.05) is 19.0 Å². The highest BCUT2D eigenvalue weighted by Crippen LogP contribution is 2.08. The predicted molar refractivity (Wildman–Crippen MR) is 78.8 cm³/mol. The van der Waals surface area contributed by atoms with Gasteiger partial charge >= 0.3 is 0 Å². The number of nitrogens with zero attached hydrogens (tertiary/aromatic N) is 5. The molecule has 5 nitrogen and oxygen atoms in total. The highest BCUT2D eigenvalue weighted by molar-refractivity contribution is 9.10. The number of hydrogen-bond donors (Lipinski definition) is 0. The first-order valence-electron chi connectivity index (χ1n) is 4.77. The van der Waals surface area contributed by atoms with Crippen LogP contribution >= 0.6 is 43.5 Å². The highest BCUT2D eigenvalue weighted by Gasteiger charge is 1.95. The zero-order chi connectivity index (χ0) is 13.5. The van der Waals surface area contributed by atoms with Crippen molar-refractivity contribution in [2.75, 3.05) is 19.0 Å². The monoisotopic (exact) mass is 393 g/mol. The lowest BCUT2D eigenvalue weighted by Gasteiger charge is -2.07. The van der Waals surface area contributed by atoms with Gasteiger partial charge in [0.25, 0.3) is 0 Å². The number of hydrogen-bond acceptors (Lipinski definition) is 5. The quantitative estimate of drug-likeness (QED) is 0.694. The number of rotatable bonds is 1. The van der Waals surface area contributed by atoms with Crippen molar-refractivity contribution in [1.29, 1.82) is 0 Å². The molecule has 0 aliphatic carbocycles. The standard InChI is InChI=1S/C6H8BrN3.C4H2BrClN2/c1-10(2)6-8-3-5(7)4-9-6;5-3-1-7-4(6)8-2-3/h3-4H,1-2H3;1-2H. The van der Waals surface area contributed by atoms with Crippen LogP contribution in [0.15, 0.2) is 33.7 Å². The largest absolute Gasteiger partial charge is 0.347 e. The Balaban J connectivity index is 0.000000184. The van der Waals surface area contributed by atoms with E-state index in [9.17, 15) is 0 Å². The lowest BCUT2D eigenvalue weighted by molar-refractivity contribution is 0.994. The van der Waals surface area contributed by atoms with Crippen molar-refractivity contribution < 1.29 is 0 Å². The second-order valence-electron chi connectivity index (χ2n) is 3.27. The molecule has 0 aromatic carbocycles. The molecular weight excluding hydrogens is 385 g/mol. The van der Waals surface area contributed by atoms with E-state index in [1.54, 1.807) is 24.8 Å². The van der Waals surface area contributed by atoms with Gasteiger partial charge in [-0.1, -0.05) is 0 Å². The topological polar surface area (TPSA) is 54.8 Å². The van der Waals surface area contributed by atoms with Crippen molar-refractivity contribution in [3.63, 3.8) is 0 Å². The Hall–Kier alpha value is -0.790. The zero-order valence-electron chi connectivity index (χ0n) is 9.68. The Bertz CT molecular complexity index is 454. The van der Waals surface area contributed by atoms with E-state index in [2.05, 4.69) is 51.8 Å². The van der Waals surface area contributed by atoms with Gasteiger partial charge in [0.15, 0.2) is 0 Å². The molecule has 0 saturated heterocycles. The third-order valence-corrected chi connectivity index (χ3v) is 2.61. The van der Waals surface area contributed by atoms with Crippen LogP contribution in [-0.2, 0) is 0 Å². The Kier molecular flexibility index (Phi) is 6.45. The summed E-state index contributed by atoms with van der Waals surface area (Å²) in [6.07, 6.45) is 6.63. The Labute approximate surface area is 127 Å². The molecule has 0 N–H and O–H groups in total. The first kappa shape index (κ1) is 15.3. The molecule has 2 heterocycles. The molecule has 0 atom stereocenters. The Morgan fingerprint density at radius 1 is 0.889 bits per heavy atom. The summed E-state index contributed by atoms with van der Waals surface area (Å²) < 4.78 is 1.74. The molecule has 96 valence electrons. The van der Waals surface area contributed by atoms with Crippen LogP contribution in [0.3, 0.4) is 0 Å². The van der Waals surface area contributed by atoms with Crippen molar-refractivity contribution in [3.8, 4) is 0 Å². The average Bonchev–Trinajstić information content (AvgIpc) is 2.34. The van der Waals surface area contributed by atoms with Crippen LogP contribution < -0.4 is 4.90 Å². The van der Waals surface area contributed by atoms with Crippen LogP contribution in [-0.4, -0.2) is 34.0 Å². The van der Waals surface area contributed by atoms with E-state index < -0.39 is 0 Å². The molecule has 0 radical (unpaired) electrons. The van der Waals surface area contributed by atoms with Gasteiger partial charge < -0.3 is 4.90 Å². The Morgan fingerprint density at radius 2 is 1.28 bits per heavy atom. The van der Waals surface area contributed by atoms with Gasteiger partial charge in [-0.05, 0) is 43.5 Å². The first-order valence-corrected chi connectivity index (χ1v) is 6.73. The molecule has 0 aliphatic rings. The van der Waals surface area contributed by atoms with E-state index in [-0.39, 0.29) is 5.28 Å². The van der Waals surface area contributed by atoms with Gasteiger partial charge in [0, 0.05) is 38.9 Å². The van der Waals surface area contributed by atoms with Crippen LogP contribution in [0.2, 0.25) is 5.28 Å². The van der Waals surface area contributed by atoms with Crippen LogP contribution in [0.25, 0.3) is 0 Å². The minimum Gasteiger partial charge on any atom is -0.347 e. The lowest BCUT2D eigenvalue weighted by atomic mass is 10.6. The summed E-state index contributed by atoms with van der Waals surface area (Å²) in [5, 5.41) is 0.271. The van der Waals surface area contributed by atoms with Crippen molar-refractivity contribution in [2.24, 2.45) is 0 Å². The summed E-state index contributed by atoms with van der Waals surface area (Å²) in [6.45, 7) is 0. The zero-order valence-corrected chi connectivity index (χ0v) is 13.6. The maximum Gasteiger partial charge on any atom is 0.224 e. The van der Waals surface area contributed by atoms with Crippen LogP contribution in [0.4, 0.5) is 5.95 Å². The molecule has 8 heteroatoms. The van der Waals surface area contributed by atoms with Gasteiger partial charge in [0.05, 0.1) is 8.95 Å². The molecule has 0 amide bonds. The molecule has 2 aromatic heterocycles. The lowest BCUT2D eigenvalue weighted by Crippen LogP contribution is -2.11. The fourth-order valence-corrected chi connectivity index (χ4v) is 1.34. The third-order valence-electron chi connectivity index (χ3n) is 1.60. The van der Waals surface area contributed by atoms with Crippen molar-refractivity contribution in [3.05, 3.63) is 39.0 Å². The van der Waals surface area contributed by atoms with Crippen LogP contribution in [0.5, 0.6) is 0 Å². The first-order chi connectivity index (χ1) is 8.49. The SMILES string of the molecule is CN(C)c1ncc(Br)cn1.Clc1ncc(Br)cn1. The van der Waals surface area contributed by atoms with Crippen molar-refractivity contribution in [2.45, 2.75) is 0 Å². The van der Waals surface area contributed by atoms with E-state index in [4.69, 9.17) is 11.6 Å². The molecule has 0 fully saturated rings. The summed E-state index contributed by atoms with van der Waals surface area (Å²) >= 11 is 11.8. The van der Waals surface area contributed by atoms with Gasteiger partial charge in [0.2, 0.25) is 11.2 Å². The molecule has 2 rings (SSSR count). The third kappa shape index (κ3) is 5.70. The summed E-state index contributed by atoms with van der Waals surface area (Å²) in [5.41, 5.74) is 0. The second kappa shape index (κ2) is 7.60. The minimum absolute atomic E-state index is 0.271. The van der Waals surface area contributed by atoms with Gasteiger partial charge in [-0.25, -0.2) is 19.9 Å². The molecular formula is C10H10Br2ClN5. The van der Waals surface area contributed by atoms with Gasteiger partial charge in [-0.15, -0.1) is 0 Å². The number of halogens is 3. The van der Waals surface area contributed by atoms with E-state index in [0.717, 1.165) is 14.9 Å². The van der Waals surface area contributed by atoms with E-state index in [1.165, 1.54) is 0 Å². The maximum atomic E-state index is 5.37. The smallest absolute Gasteiger partial charge is 0.224 e. The van der Waals surface area contributed by atoms with Gasteiger partial charge in [-0.2, -0.15) is 0 Å². The number of aromatic nitrogens is 4. The van der Waals surface area contributed by atoms with Crippen LogP contribution in [0, 0.1) is 0 Å². The normalized spacial score (nSPS) is 9.39. The molecule has 0 unspecified atom stereocenters. The maximum absolute atomic E-state index is 5.37. The second-order valence-corrected chi connectivity index (χ2v) is 5.44. The highest BCUT2D eigenvalue weighted by atomic mass is 79.9. The number of anilines is 1. The van der Waals surface area contributed by atoms with Crippen molar-refractivity contribution >= 4 is 49.4 Å². The van der Waals surface area contributed by atoms with Gasteiger partial charge in [-0.3, -0.25) is 0 Å². The molecule has 18 heavy (non-hydrogen) atoms. The summed E-state index contributed by atoms with van der Waals surface area (Å²) in [7, 11) is 3.81. The fourth-order valence-electron chi connectivity index (χ4n) is 0.833. The molecule has 0 saturated carbocycles. The summed E-state index contributed by atoms with van der Waals surface area (Å²) in [6, 6.07) is 0. The van der Waals surface area contributed by atoms with Crippen molar-refractivity contribution in [1.82, 2.24) is 19.9 Å². The molecule has 0 spiro atoms.